The fourth-order valence-corrected chi connectivity index (χ4v) is 6.29. The average molecular weight is 568 g/mol. The van der Waals surface area contributed by atoms with Crippen molar-refractivity contribution in [2.24, 2.45) is 11.8 Å². The van der Waals surface area contributed by atoms with Crippen molar-refractivity contribution in [1.82, 2.24) is 15.5 Å². The molecule has 6 nitrogen and oxygen atoms in total. The highest BCUT2D eigenvalue weighted by Gasteiger charge is 2.43. The normalized spacial score (nSPS) is 18.1. The topological polar surface area (TPSA) is 70.7 Å². The predicted molar refractivity (Wildman–Crippen MR) is 168 cm³/mol. The number of ether oxygens (including phenoxy) is 1. The molecule has 0 saturated heterocycles. The van der Waals surface area contributed by atoms with Crippen molar-refractivity contribution in [1.29, 1.82) is 0 Å². The van der Waals surface area contributed by atoms with E-state index in [1.807, 2.05) is 35.2 Å². The largest absolute Gasteiger partial charge is 0.497 e. The molecule has 1 aliphatic heterocycles. The molecule has 222 valence electrons. The molecule has 0 aromatic heterocycles. The molecule has 0 spiro atoms. The Kier molecular flexibility index (Phi) is 9.83. The van der Waals surface area contributed by atoms with Crippen LogP contribution in [0.3, 0.4) is 0 Å². The first-order valence-corrected chi connectivity index (χ1v) is 15.7. The number of nitrogens with one attached hydrogen (secondary N) is 2. The van der Waals surface area contributed by atoms with Crippen LogP contribution in [0.4, 0.5) is 4.79 Å². The first-order valence-electron chi connectivity index (χ1n) is 15.7. The molecule has 3 aromatic carbocycles. The zero-order chi connectivity index (χ0) is 29.5. The Bertz CT molecular complexity index is 1370. The van der Waals surface area contributed by atoms with Gasteiger partial charge >= 0.3 is 6.03 Å². The highest BCUT2D eigenvalue weighted by molar-refractivity contribution is 5.83. The smallest absolute Gasteiger partial charge is 0.317 e. The van der Waals surface area contributed by atoms with E-state index in [0.29, 0.717) is 31.5 Å². The van der Waals surface area contributed by atoms with Gasteiger partial charge in [0, 0.05) is 32.1 Å². The highest BCUT2D eigenvalue weighted by atomic mass is 16.5. The third-order valence-electron chi connectivity index (χ3n) is 9.07. The fourth-order valence-electron chi connectivity index (χ4n) is 6.29. The van der Waals surface area contributed by atoms with E-state index in [1.54, 1.807) is 7.11 Å². The maximum Gasteiger partial charge on any atom is 0.317 e. The lowest BCUT2D eigenvalue weighted by atomic mass is 9.87. The number of nitrogens with zero attached hydrogens (tertiary/aromatic N) is 1. The lowest BCUT2D eigenvalue weighted by Gasteiger charge is -2.32. The monoisotopic (exact) mass is 567 g/mol. The van der Waals surface area contributed by atoms with Crippen molar-refractivity contribution in [3.05, 3.63) is 89.0 Å². The molecule has 6 heteroatoms. The van der Waals surface area contributed by atoms with E-state index >= 15 is 0 Å². The van der Waals surface area contributed by atoms with E-state index in [2.05, 4.69) is 60.9 Å². The molecule has 3 atom stereocenters. The SMILES string of the molecule is CCCCC(CC)CNC(=O)N1CCc2c(-c3cccc(OC)c3)ccc(CNC(=O)[C@@H]3C[C@H]3c3ccccc3)c2C1. The van der Waals surface area contributed by atoms with Crippen molar-refractivity contribution < 1.29 is 14.3 Å². The Morgan fingerprint density at radius 3 is 2.60 bits per heavy atom. The van der Waals surface area contributed by atoms with Gasteiger partial charge in [-0.15, -0.1) is 0 Å². The maximum atomic E-state index is 13.3. The number of hydrogen-bond acceptors (Lipinski definition) is 3. The molecule has 1 unspecified atom stereocenters. The van der Waals surface area contributed by atoms with Gasteiger partial charge in [0.05, 0.1) is 7.11 Å². The van der Waals surface area contributed by atoms with Crippen LogP contribution >= 0.6 is 0 Å². The van der Waals surface area contributed by atoms with Gasteiger partial charge in [-0.1, -0.05) is 87.7 Å². The number of carbonyl (C=O) groups is 2. The van der Waals surface area contributed by atoms with Gasteiger partial charge in [0.25, 0.3) is 0 Å². The molecular formula is C36H45N3O3. The summed E-state index contributed by atoms with van der Waals surface area (Å²) in [5.41, 5.74) is 6.97. The van der Waals surface area contributed by atoms with Crippen LogP contribution in [0.15, 0.2) is 66.7 Å². The van der Waals surface area contributed by atoms with Gasteiger partial charge in [-0.05, 0) is 76.6 Å². The Hall–Kier alpha value is -3.80. The summed E-state index contributed by atoms with van der Waals surface area (Å²) in [7, 11) is 1.68. The van der Waals surface area contributed by atoms with Crippen LogP contribution in [0.2, 0.25) is 0 Å². The number of methoxy groups -OCH3 is 1. The van der Waals surface area contributed by atoms with E-state index in [9.17, 15) is 9.59 Å². The third kappa shape index (κ3) is 6.97. The second kappa shape index (κ2) is 13.9. The van der Waals surface area contributed by atoms with Crippen LogP contribution in [0.1, 0.15) is 74.1 Å². The van der Waals surface area contributed by atoms with Crippen LogP contribution in [0, 0.1) is 11.8 Å². The average Bonchev–Trinajstić information content (AvgIpc) is 3.85. The Morgan fingerprint density at radius 1 is 1.00 bits per heavy atom. The number of benzene rings is 3. The third-order valence-corrected chi connectivity index (χ3v) is 9.07. The van der Waals surface area contributed by atoms with Crippen LogP contribution in [-0.2, 0) is 24.3 Å². The molecular weight excluding hydrogens is 522 g/mol. The lowest BCUT2D eigenvalue weighted by molar-refractivity contribution is -0.122. The van der Waals surface area contributed by atoms with E-state index in [0.717, 1.165) is 60.2 Å². The second-order valence-corrected chi connectivity index (χ2v) is 11.8. The summed E-state index contributed by atoms with van der Waals surface area (Å²) in [5.74, 6) is 1.77. The standard InChI is InChI=1S/C36H45N3O3/c1-4-6-11-25(5-2)22-38-36(41)39-19-18-31-30(27-14-10-15-29(20-27)42-3)17-16-28(34(31)24-39)23-37-35(40)33-21-32(33)26-12-8-7-9-13-26/h7-10,12-17,20,25,32-33H,4-6,11,18-19,21-24H2,1-3H3,(H,37,40)(H,38,41)/t25?,32-,33+/m0/s1. The van der Waals surface area contributed by atoms with Gasteiger partial charge in [0.1, 0.15) is 5.75 Å². The molecule has 2 aliphatic rings. The van der Waals surface area contributed by atoms with E-state index in [1.165, 1.54) is 24.0 Å². The van der Waals surface area contributed by atoms with Crippen LogP contribution in [0.5, 0.6) is 5.75 Å². The Balaban J connectivity index is 1.33. The molecule has 0 bridgehead atoms. The zero-order valence-electron chi connectivity index (χ0n) is 25.3. The number of urea groups is 1. The zero-order valence-corrected chi connectivity index (χ0v) is 25.3. The van der Waals surface area contributed by atoms with Gasteiger partial charge in [-0.2, -0.15) is 0 Å². The molecule has 2 N–H and O–H groups in total. The molecule has 3 aromatic rings. The van der Waals surface area contributed by atoms with Crippen LogP contribution in [0.25, 0.3) is 11.1 Å². The first kappa shape index (κ1) is 29.7. The van der Waals surface area contributed by atoms with Gasteiger partial charge in [-0.25, -0.2) is 4.79 Å². The summed E-state index contributed by atoms with van der Waals surface area (Å²) in [6, 6.07) is 22.7. The van der Waals surface area contributed by atoms with Crippen molar-refractivity contribution in [2.75, 3.05) is 20.2 Å². The summed E-state index contributed by atoms with van der Waals surface area (Å²) < 4.78 is 5.50. The number of carbonyl (C=O) groups excluding carboxylic acids is 2. The molecule has 1 fully saturated rings. The minimum absolute atomic E-state index is 0.000973. The summed E-state index contributed by atoms with van der Waals surface area (Å²) in [4.78, 5) is 28.4. The maximum absolute atomic E-state index is 13.3. The van der Waals surface area contributed by atoms with Gasteiger partial charge < -0.3 is 20.3 Å². The van der Waals surface area contributed by atoms with Crippen LogP contribution in [-0.4, -0.2) is 37.0 Å². The van der Waals surface area contributed by atoms with Gasteiger partial charge in [0.15, 0.2) is 0 Å². The first-order chi connectivity index (χ1) is 20.5. The summed E-state index contributed by atoms with van der Waals surface area (Å²) >= 11 is 0. The number of fused-ring (bicyclic) bond motifs is 1. The number of amides is 3. The minimum atomic E-state index is 0.000973. The van der Waals surface area contributed by atoms with Crippen molar-refractivity contribution in [2.45, 2.75) is 71.4 Å². The molecule has 0 radical (unpaired) electrons. The second-order valence-electron chi connectivity index (χ2n) is 11.8. The van der Waals surface area contributed by atoms with Crippen molar-refractivity contribution in [3.63, 3.8) is 0 Å². The molecule has 42 heavy (non-hydrogen) atoms. The number of rotatable bonds is 12. The molecule has 3 amide bonds. The van der Waals surface area contributed by atoms with E-state index in [-0.39, 0.29) is 17.9 Å². The Morgan fingerprint density at radius 2 is 1.83 bits per heavy atom. The molecule has 1 saturated carbocycles. The summed E-state index contributed by atoms with van der Waals surface area (Å²) in [6.07, 6.45) is 6.26. The van der Waals surface area contributed by atoms with E-state index < -0.39 is 0 Å². The highest BCUT2D eigenvalue weighted by Crippen LogP contribution is 2.47. The molecule has 5 rings (SSSR count). The summed E-state index contributed by atoms with van der Waals surface area (Å²) in [5, 5.41) is 6.44. The van der Waals surface area contributed by atoms with Crippen LogP contribution < -0.4 is 15.4 Å². The summed E-state index contributed by atoms with van der Waals surface area (Å²) in [6.45, 7) is 6.79. The van der Waals surface area contributed by atoms with Gasteiger partial charge in [0.2, 0.25) is 5.91 Å². The number of hydrogen-bond donors (Lipinski definition) is 2. The lowest BCUT2D eigenvalue weighted by Crippen LogP contribution is -2.44. The predicted octanol–water partition coefficient (Wildman–Crippen LogP) is 7.07. The molecule has 1 aliphatic carbocycles. The fraction of sp³-hybridized carbons (Fsp3) is 0.444. The minimum Gasteiger partial charge on any atom is -0.497 e. The quantitative estimate of drug-likeness (QED) is 0.246. The van der Waals surface area contributed by atoms with Crippen molar-refractivity contribution in [3.8, 4) is 16.9 Å². The Labute approximate surface area is 250 Å². The number of unbranched alkanes of at least 4 members (excludes halogenated alkanes) is 1. The molecule has 1 heterocycles. The van der Waals surface area contributed by atoms with Gasteiger partial charge in [-0.3, -0.25) is 4.79 Å². The van der Waals surface area contributed by atoms with E-state index in [4.69, 9.17) is 4.74 Å². The van der Waals surface area contributed by atoms with Crippen molar-refractivity contribution >= 4 is 11.9 Å².